The van der Waals surface area contributed by atoms with E-state index in [-0.39, 0.29) is 5.92 Å². The van der Waals surface area contributed by atoms with E-state index in [2.05, 4.69) is 16.4 Å². The standard InChI is InChI=1S/C10H15O4P/c1-5-8(3)7-10(9(4)6-2)14-15(11,12)13/h1-2,8-10H,7H2,3-4H3,(H2,11,12,13). The van der Waals surface area contributed by atoms with Gasteiger partial charge in [0.25, 0.3) is 0 Å². The average Bonchev–Trinajstić information content (AvgIpc) is 2.13. The van der Waals surface area contributed by atoms with Crippen molar-refractivity contribution in [2.45, 2.75) is 26.4 Å². The molecule has 0 heterocycles. The van der Waals surface area contributed by atoms with E-state index >= 15 is 0 Å². The molecule has 0 rings (SSSR count). The van der Waals surface area contributed by atoms with E-state index < -0.39 is 19.8 Å². The Labute approximate surface area is 90.3 Å². The number of hydrogen-bond acceptors (Lipinski definition) is 2. The van der Waals surface area contributed by atoms with Gasteiger partial charge in [0.2, 0.25) is 0 Å². The molecule has 0 aliphatic rings. The topological polar surface area (TPSA) is 66.8 Å². The third-order valence-corrected chi connectivity index (χ3v) is 2.51. The van der Waals surface area contributed by atoms with Gasteiger partial charge in [-0.25, -0.2) is 4.57 Å². The second-order valence-corrected chi connectivity index (χ2v) is 4.59. The second-order valence-electron chi connectivity index (χ2n) is 3.39. The molecule has 0 aromatic carbocycles. The molecule has 0 aromatic heterocycles. The summed E-state index contributed by atoms with van der Waals surface area (Å²) in [5.41, 5.74) is 0. The molecule has 0 aliphatic heterocycles. The van der Waals surface area contributed by atoms with Crippen molar-refractivity contribution < 1.29 is 18.9 Å². The molecular formula is C10H15O4P. The molecule has 0 aliphatic carbocycles. The molecule has 0 amide bonds. The first-order valence-corrected chi connectivity index (χ1v) is 5.99. The molecule has 4 nitrogen and oxygen atoms in total. The number of phosphoric ester groups is 1. The molecular weight excluding hydrogens is 215 g/mol. The Hall–Kier alpha value is -0.770. The van der Waals surface area contributed by atoms with Crippen LogP contribution in [0.4, 0.5) is 0 Å². The Morgan fingerprint density at radius 2 is 1.87 bits per heavy atom. The molecule has 2 N–H and O–H groups in total. The molecule has 3 atom stereocenters. The highest BCUT2D eigenvalue weighted by molar-refractivity contribution is 7.46. The van der Waals surface area contributed by atoms with Crippen LogP contribution in [0.3, 0.4) is 0 Å². The smallest absolute Gasteiger partial charge is 0.303 e. The molecule has 0 fully saturated rings. The van der Waals surface area contributed by atoms with Crippen molar-refractivity contribution in [2.75, 3.05) is 0 Å². The SMILES string of the molecule is C#CC(C)CC(OP(=O)(O)O)C(C)C#C. The summed E-state index contributed by atoms with van der Waals surface area (Å²) in [5.74, 6) is 4.30. The summed E-state index contributed by atoms with van der Waals surface area (Å²) in [6, 6.07) is 0. The predicted octanol–water partition coefficient (Wildman–Crippen LogP) is 1.39. The number of phosphoric acid groups is 1. The van der Waals surface area contributed by atoms with Gasteiger partial charge in [0.1, 0.15) is 0 Å². The first-order chi connectivity index (χ1) is 6.80. The van der Waals surface area contributed by atoms with Crippen LogP contribution in [0.15, 0.2) is 0 Å². The van der Waals surface area contributed by atoms with Crippen LogP contribution in [0.25, 0.3) is 0 Å². The zero-order valence-corrected chi connectivity index (χ0v) is 9.65. The lowest BCUT2D eigenvalue weighted by molar-refractivity contribution is 0.0983. The van der Waals surface area contributed by atoms with E-state index in [1.165, 1.54) is 0 Å². The monoisotopic (exact) mass is 230 g/mol. The van der Waals surface area contributed by atoms with Gasteiger partial charge in [0.05, 0.1) is 6.10 Å². The van der Waals surface area contributed by atoms with Gasteiger partial charge < -0.3 is 9.79 Å². The fraction of sp³-hybridized carbons (Fsp3) is 0.600. The molecule has 0 aromatic rings. The molecule has 0 bridgehead atoms. The van der Waals surface area contributed by atoms with Crippen LogP contribution < -0.4 is 0 Å². The Morgan fingerprint density at radius 1 is 1.33 bits per heavy atom. The zero-order valence-electron chi connectivity index (χ0n) is 8.75. The maximum Gasteiger partial charge on any atom is 0.469 e. The van der Waals surface area contributed by atoms with E-state index in [4.69, 9.17) is 22.6 Å². The van der Waals surface area contributed by atoms with E-state index in [0.717, 1.165) is 0 Å². The fourth-order valence-electron chi connectivity index (χ4n) is 1.04. The maximum absolute atomic E-state index is 10.7. The van der Waals surface area contributed by atoms with Gasteiger partial charge >= 0.3 is 7.82 Å². The highest BCUT2D eigenvalue weighted by Crippen LogP contribution is 2.40. The van der Waals surface area contributed by atoms with E-state index in [1.54, 1.807) is 13.8 Å². The number of terminal acetylenes is 2. The lowest BCUT2D eigenvalue weighted by Gasteiger charge is -2.22. The van der Waals surface area contributed by atoms with Crippen molar-refractivity contribution >= 4 is 7.82 Å². The zero-order chi connectivity index (χ0) is 12.1. The average molecular weight is 230 g/mol. The van der Waals surface area contributed by atoms with Gasteiger partial charge in [0, 0.05) is 11.8 Å². The van der Waals surface area contributed by atoms with Gasteiger partial charge in [0.15, 0.2) is 0 Å². The minimum Gasteiger partial charge on any atom is -0.303 e. The first kappa shape index (κ1) is 14.2. The number of hydrogen-bond donors (Lipinski definition) is 2. The van der Waals surface area contributed by atoms with E-state index in [1.807, 2.05) is 0 Å². The van der Waals surface area contributed by atoms with Crippen LogP contribution in [0.5, 0.6) is 0 Å². The second kappa shape index (κ2) is 5.95. The summed E-state index contributed by atoms with van der Waals surface area (Å²) in [4.78, 5) is 17.4. The largest absolute Gasteiger partial charge is 0.469 e. The van der Waals surface area contributed by atoms with E-state index in [0.29, 0.717) is 6.42 Å². The highest BCUT2D eigenvalue weighted by atomic mass is 31.2. The quantitative estimate of drug-likeness (QED) is 0.553. The van der Waals surface area contributed by atoms with Crippen LogP contribution in [-0.2, 0) is 9.09 Å². The van der Waals surface area contributed by atoms with Gasteiger partial charge in [-0.15, -0.1) is 24.7 Å². The van der Waals surface area contributed by atoms with Crippen molar-refractivity contribution in [1.29, 1.82) is 0 Å². The molecule has 0 saturated carbocycles. The van der Waals surface area contributed by atoms with Crippen molar-refractivity contribution in [3.63, 3.8) is 0 Å². The molecule has 3 unspecified atom stereocenters. The normalized spacial score (nSPS) is 17.2. The summed E-state index contributed by atoms with van der Waals surface area (Å²) in [5, 5.41) is 0. The van der Waals surface area contributed by atoms with Crippen molar-refractivity contribution in [3.8, 4) is 24.7 Å². The number of rotatable bonds is 5. The van der Waals surface area contributed by atoms with Crippen LogP contribution in [-0.4, -0.2) is 15.9 Å². The molecule has 15 heavy (non-hydrogen) atoms. The first-order valence-electron chi connectivity index (χ1n) is 4.46. The Kier molecular flexibility index (Phi) is 5.65. The summed E-state index contributed by atoms with van der Waals surface area (Å²) in [6.07, 6.45) is 9.95. The summed E-state index contributed by atoms with van der Waals surface area (Å²) in [7, 11) is -4.52. The summed E-state index contributed by atoms with van der Waals surface area (Å²) < 4.78 is 15.3. The Morgan fingerprint density at radius 3 is 2.20 bits per heavy atom. The third kappa shape index (κ3) is 6.33. The van der Waals surface area contributed by atoms with E-state index in [9.17, 15) is 4.57 Å². The van der Waals surface area contributed by atoms with Gasteiger partial charge in [-0.3, -0.25) is 4.52 Å². The molecule has 0 radical (unpaired) electrons. The van der Waals surface area contributed by atoms with Gasteiger partial charge in [-0.2, -0.15) is 0 Å². The van der Waals surface area contributed by atoms with Crippen molar-refractivity contribution in [3.05, 3.63) is 0 Å². The molecule has 84 valence electrons. The molecule has 0 saturated heterocycles. The van der Waals surface area contributed by atoms with Gasteiger partial charge in [-0.1, -0.05) is 6.92 Å². The third-order valence-electron chi connectivity index (χ3n) is 1.96. The minimum absolute atomic E-state index is 0.141. The summed E-state index contributed by atoms with van der Waals surface area (Å²) in [6.45, 7) is 3.42. The van der Waals surface area contributed by atoms with Crippen molar-refractivity contribution in [2.24, 2.45) is 11.8 Å². The fourth-order valence-corrected chi connectivity index (χ4v) is 1.66. The lowest BCUT2D eigenvalue weighted by Crippen LogP contribution is -2.22. The van der Waals surface area contributed by atoms with Crippen molar-refractivity contribution in [1.82, 2.24) is 0 Å². The highest BCUT2D eigenvalue weighted by Gasteiger charge is 2.27. The Balaban J connectivity index is 4.56. The molecule has 5 heteroatoms. The predicted molar refractivity (Wildman–Crippen MR) is 57.5 cm³/mol. The summed E-state index contributed by atoms with van der Waals surface area (Å²) >= 11 is 0. The van der Waals surface area contributed by atoms with Crippen LogP contribution >= 0.6 is 7.82 Å². The Bertz CT molecular complexity index is 319. The molecule has 0 spiro atoms. The maximum atomic E-state index is 10.7. The van der Waals surface area contributed by atoms with Crippen LogP contribution in [0.2, 0.25) is 0 Å². The van der Waals surface area contributed by atoms with Crippen LogP contribution in [0.1, 0.15) is 20.3 Å². The lowest BCUT2D eigenvalue weighted by atomic mass is 9.96. The van der Waals surface area contributed by atoms with Crippen LogP contribution in [0, 0.1) is 36.5 Å². The minimum atomic E-state index is -4.52. The van der Waals surface area contributed by atoms with Gasteiger partial charge in [-0.05, 0) is 13.3 Å².